The Morgan fingerprint density at radius 3 is 1.23 bits per heavy atom. The summed E-state index contributed by atoms with van der Waals surface area (Å²) in [5.74, 6) is -0.331. The molecule has 2 fully saturated rings. The highest BCUT2D eigenvalue weighted by Crippen LogP contribution is 2.49. The average Bonchev–Trinajstić information content (AvgIpc) is 3.23. The van der Waals surface area contributed by atoms with E-state index in [9.17, 15) is 19.8 Å². The van der Waals surface area contributed by atoms with Gasteiger partial charge in [-0.2, -0.15) is 0 Å². The van der Waals surface area contributed by atoms with Crippen LogP contribution in [0, 0.1) is 0 Å². The van der Waals surface area contributed by atoms with Gasteiger partial charge in [0.25, 0.3) is 11.8 Å². The number of rotatable bonds is 14. The summed E-state index contributed by atoms with van der Waals surface area (Å²) >= 11 is 24.8. The number of nitrogens with zero attached hydrogens (tertiary/aromatic N) is 2. The summed E-state index contributed by atoms with van der Waals surface area (Å²) in [6, 6.07) is 28.1. The van der Waals surface area contributed by atoms with E-state index in [4.69, 9.17) is 55.9 Å². The molecule has 4 aromatic carbocycles. The number of hydrogen-bond acceptors (Lipinski definition) is 6. The summed E-state index contributed by atoms with van der Waals surface area (Å²) < 4.78 is 13.0. The smallest absolute Gasteiger partial charge is 0.255 e. The molecule has 0 bridgehead atoms. The standard InChI is InChI=1S/2C24H27Cl2NO3/c2*1-4-13-24(3)23(29)27(20(5-2)15-28)21(16-9-11-18(25)12-10-16)22(30-24)17-7-6-8-19(26)14-17/h2*4,6-12,14,20-22,28H,1,5,13,15H2,2-3H3/t20-,21+,22+,24+;20-,21+,22+,24-/m00/s1. The first-order valence-corrected chi connectivity index (χ1v) is 21.7. The molecule has 320 valence electrons. The fraction of sp³-hybridized carbons (Fsp3) is 0.375. The summed E-state index contributed by atoms with van der Waals surface area (Å²) in [5, 5.41) is 22.6. The molecule has 0 aromatic heterocycles. The molecule has 2 N–H and O–H groups in total. The molecular formula is C48H54Cl4N2O6. The monoisotopic (exact) mass is 894 g/mol. The van der Waals surface area contributed by atoms with Crippen LogP contribution in [0.1, 0.15) is 99.9 Å². The molecule has 4 aromatic rings. The molecule has 6 rings (SSSR count). The molecule has 0 saturated carbocycles. The van der Waals surface area contributed by atoms with Crippen LogP contribution >= 0.6 is 46.4 Å². The van der Waals surface area contributed by atoms with E-state index >= 15 is 0 Å². The number of benzene rings is 4. The maximum Gasteiger partial charge on any atom is 0.255 e. The zero-order chi connectivity index (χ0) is 43.8. The number of morpholine rings is 2. The van der Waals surface area contributed by atoms with Crippen molar-refractivity contribution < 1.29 is 29.3 Å². The van der Waals surface area contributed by atoms with Gasteiger partial charge in [-0.3, -0.25) is 9.59 Å². The second-order valence-electron chi connectivity index (χ2n) is 15.5. The van der Waals surface area contributed by atoms with Crippen molar-refractivity contribution in [3.63, 3.8) is 0 Å². The Bertz CT molecular complexity index is 1940. The van der Waals surface area contributed by atoms with Crippen LogP contribution < -0.4 is 0 Å². The van der Waals surface area contributed by atoms with Crippen molar-refractivity contribution >= 4 is 58.2 Å². The van der Waals surface area contributed by atoms with Crippen LogP contribution in [-0.4, -0.2) is 68.3 Å². The van der Waals surface area contributed by atoms with E-state index in [1.807, 2.05) is 74.5 Å². The lowest BCUT2D eigenvalue weighted by atomic mass is 9.86. The largest absolute Gasteiger partial charge is 0.394 e. The summed E-state index contributed by atoms with van der Waals surface area (Å²) in [5.41, 5.74) is 1.29. The Morgan fingerprint density at radius 2 is 0.950 bits per heavy atom. The summed E-state index contributed by atoms with van der Waals surface area (Å²) in [6.45, 7) is 14.8. The molecule has 2 amide bonds. The van der Waals surface area contributed by atoms with Crippen LogP contribution in [0.5, 0.6) is 0 Å². The average molecular weight is 897 g/mol. The molecule has 8 atom stereocenters. The second-order valence-corrected chi connectivity index (χ2v) is 17.3. The molecule has 0 spiro atoms. The maximum absolute atomic E-state index is 13.7. The molecular weight excluding hydrogens is 842 g/mol. The van der Waals surface area contributed by atoms with Gasteiger partial charge in [0.05, 0.1) is 37.4 Å². The Morgan fingerprint density at radius 1 is 0.600 bits per heavy atom. The second kappa shape index (κ2) is 20.9. The highest BCUT2D eigenvalue weighted by molar-refractivity contribution is 6.31. The number of aliphatic hydroxyl groups excluding tert-OH is 2. The molecule has 0 unspecified atom stereocenters. The van der Waals surface area contributed by atoms with Crippen molar-refractivity contribution in [1.29, 1.82) is 0 Å². The lowest BCUT2D eigenvalue weighted by Crippen LogP contribution is -2.60. The quantitative estimate of drug-likeness (QED) is 0.122. The van der Waals surface area contributed by atoms with E-state index in [0.717, 1.165) is 22.3 Å². The molecule has 2 heterocycles. The number of carbonyl (C=O) groups excluding carboxylic acids is 2. The first-order chi connectivity index (χ1) is 28.7. The summed E-state index contributed by atoms with van der Waals surface area (Å²) in [4.78, 5) is 30.9. The normalized spacial score (nSPS) is 25.2. The van der Waals surface area contributed by atoms with Gasteiger partial charge in [0.15, 0.2) is 0 Å². The third-order valence-corrected chi connectivity index (χ3v) is 12.3. The lowest BCUT2D eigenvalue weighted by molar-refractivity contribution is -0.203. The van der Waals surface area contributed by atoms with Crippen molar-refractivity contribution in [2.24, 2.45) is 0 Å². The highest BCUT2D eigenvalue weighted by Gasteiger charge is 2.53. The first kappa shape index (κ1) is 47.4. The Hall–Kier alpha value is -3.70. The van der Waals surface area contributed by atoms with Crippen molar-refractivity contribution in [3.8, 4) is 0 Å². The fourth-order valence-corrected chi connectivity index (χ4v) is 8.82. The molecule has 8 nitrogen and oxygen atoms in total. The topological polar surface area (TPSA) is 99.5 Å². The minimum absolute atomic E-state index is 0.140. The highest BCUT2D eigenvalue weighted by atomic mass is 35.5. The minimum Gasteiger partial charge on any atom is -0.394 e. The van der Waals surface area contributed by atoms with Gasteiger partial charge in [0.1, 0.15) is 23.4 Å². The van der Waals surface area contributed by atoms with Gasteiger partial charge in [0, 0.05) is 32.9 Å². The summed E-state index contributed by atoms with van der Waals surface area (Å²) in [6.07, 6.45) is 4.35. The van der Waals surface area contributed by atoms with Crippen LogP contribution in [0.15, 0.2) is 122 Å². The zero-order valence-electron chi connectivity index (χ0n) is 34.4. The van der Waals surface area contributed by atoms with E-state index < -0.39 is 35.5 Å². The number of amides is 2. The van der Waals surface area contributed by atoms with Crippen LogP contribution in [-0.2, 0) is 19.1 Å². The zero-order valence-corrected chi connectivity index (χ0v) is 37.5. The van der Waals surface area contributed by atoms with Crippen LogP contribution in [0.25, 0.3) is 0 Å². The van der Waals surface area contributed by atoms with E-state index in [-0.39, 0.29) is 37.1 Å². The van der Waals surface area contributed by atoms with Crippen LogP contribution in [0.4, 0.5) is 0 Å². The van der Waals surface area contributed by atoms with Gasteiger partial charge >= 0.3 is 0 Å². The van der Waals surface area contributed by atoms with Crippen molar-refractivity contribution in [2.45, 2.75) is 101 Å². The number of hydrogen-bond donors (Lipinski definition) is 2. The van der Waals surface area contributed by atoms with Gasteiger partial charge in [-0.25, -0.2) is 0 Å². The van der Waals surface area contributed by atoms with E-state index in [1.54, 1.807) is 72.2 Å². The van der Waals surface area contributed by atoms with E-state index in [2.05, 4.69) is 13.2 Å². The number of aliphatic hydroxyl groups is 2. The Labute approximate surface area is 374 Å². The van der Waals surface area contributed by atoms with Crippen molar-refractivity contribution in [2.75, 3.05) is 13.2 Å². The van der Waals surface area contributed by atoms with Crippen molar-refractivity contribution in [1.82, 2.24) is 9.80 Å². The molecule has 12 heteroatoms. The molecule has 2 aliphatic heterocycles. The van der Waals surface area contributed by atoms with Crippen LogP contribution in [0.2, 0.25) is 20.1 Å². The summed E-state index contributed by atoms with van der Waals surface area (Å²) in [7, 11) is 0. The number of halogens is 4. The van der Waals surface area contributed by atoms with Gasteiger partial charge in [-0.15, -0.1) is 13.2 Å². The first-order valence-electron chi connectivity index (χ1n) is 20.2. The molecule has 60 heavy (non-hydrogen) atoms. The SMILES string of the molecule is C=CC[C@@]1(C)O[C@H](c2cccc(Cl)c2)[C@@H](c2ccc(Cl)cc2)N([C@@H](CC)CO)C1=O.C=CC[C@]1(C)O[C@H](c2cccc(Cl)c2)[C@@H](c2ccc(Cl)cc2)N([C@@H](CC)CO)C1=O. The minimum atomic E-state index is -1.10. The van der Waals surface area contributed by atoms with Crippen molar-refractivity contribution in [3.05, 3.63) is 165 Å². The van der Waals surface area contributed by atoms with Gasteiger partial charge < -0.3 is 29.5 Å². The third kappa shape index (κ3) is 10.3. The van der Waals surface area contributed by atoms with Crippen LogP contribution in [0.3, 0.4) is 0 Å². The molecule has 0 radical (unpaired) electrons. The van der Waals surface area contributed by atoms with Gasteiger partial charge in [-0.05, 0) is 97.5 Å². The van der Waals surface area contributed by atoms with E-state index in [0.29, 0.717) is 45.8 Å². The van der Waals surface area contributed by atoms with E-state index in [1.165, 1.54) is 0 Å². The molecule has 2 saturated heterocycles. The predicted molar refractivity (Wildman–Crippen MR) is 241 cm³/mol. The molecule has 0 aliphatic carbocycles. The lowest BCUT2D eigenvalue weighted by Gasteiger charge is -2.51. The Balaban J connectivity index is 0.000000228. The number of carbonyl (C=O) groups is 2. The predicted octanol–water partition coefficient (Wildman–Crippen LogP) is 11.5. The van der Waals surface area contributed by atoms with Gasteiger partial charge in [-0.1, -0.05) is 121 Å². The Kier molecular flexibility index (Phi) is 16.5. The maximum atomic E-state index is 13.7. The fourth-order valence-electron chi connectivity index (χ4n) is 8.17. The number of ether oxygens (including phenoxy) is 2. The molecule has 2 aliphatic rings. The van der Waals surface area contributed by atoms with Gasteiger partial charge in [0.2, 0.25) is 0 Å². The third-order valence-electron chi connectivity index (χ3n) is 11.3.